The molecule has 3 rings (SSSR count). The molecule has 0 aliphatic carbocycles. The number of piperidine rings is 1. The molecule has 1 aromatic carbocycles. The Morgan fingerprint density at radius 3 is 2.65 bits per heavy atom. The maximum Gasteiger partial charge on any atom is 0.228 e. The molecule has 6 nitrogen and oxygen atoms in total. The first-order chi connectivity index (χ1) is 12.5. The second kappa shape index (κ2) is 8.17. The molecule has 1 saturated heterocycles. The number of carbonyl (C=O) groups is 2. The molecule has 26 heavy (non-hydrogen) atoms. The summed E-state index contributed by atoms with van der Waals surface area (Å²) in [6, 6.07) is 9.96. The number of hydrogen-bond acceptors (Lipinski definition) is 4. The van der Waals surface area contributed by atoms with Crippen LogP contribution in [0.1, 0.15) is 36.1 Å². The Labute approximate surface area is 153 Å². The monoisotopic (exact) mass is 355 g/mol. The van der Waals surface area contributed by atoms with Gasteiger partial charge >= 0.3 is 0 Å². The summed E-state index contributed by atoms with van der Waals surface area (Å²) in [7, 11) is 0. The van der Waals surface area contributed by atoms with E-state index in [4.69, 9.17) is 4.52 Å². The molecule has 2 heterocycles. The Morgan fingerprint density at radius 2 is 2.00 bits per heavy atom. The van der Waals surface area contributed by atoms with Crippen LogP contribution in [-0.2, 0) is 16.0 Å². The van der Waals surface area contributed by atoms with Gasteiger partial charge in [0.15, 0.2) is 5.82 Å². The number of aromatic nitrogens is 1. The van der Waals surface area contributed by atoms with Crippen LogP contribution >= 0.6 is 0 Å². The molecule has 1 aliphatic heterocycles. The van der Waals surface area contributed by atoms with Crippen LogP contribution in [0.4, 0.5) is 5.82 Å². The molecule has 0 spiro atoms. The standard InChI is InChI=1S/C20H25N3O3/c1-14-4-3-5-16(12-14)6-7-19(24)23-10-8-17(9-11-23)20(25)21-18-13-15(2)26-22-18/h3-5,12-13,17H,6-11H2,1-2H3,(H,21,22,25). The Balaban J connectivity index is 1.44. The van der Waals surface area contributed by atoms with Crippen LogP contribution in [0, 0.1) is 19.8 Å². The van der Waals surface area contributed by atoms with Crippen LogP contribution in [0.25, 0.3) is 0 Å². The van der Waals surface area contributed by atoms with E-state index in [0.29, 0.717) is 43.9 Å². The number of likely N-dealkylation sites (tertiary alicyclic amines) is 1. The lowest BCUT2D eigenvalue weighted by Gasteiger charge is -2.31. The highest BCUT2D eigenvalue weighted by atomic mass is 16.5. The summed E-state index contributed by atoms with van der Waals surface area (Å²) < 4.78 is 4.95. The highest BCUT2D eigenvalue weighted by molar-refractivity contribution is 5.91. The van der Waals surface area contributed by atoms with Crippen LogP contribution in [0.5, 0.6) is 0 Å². The minimum absolute atomic E-state index is 0.0508. The van der Waals surface area contributed by atoms with E-state index >= 15 is 0 Å². The van der Waals surface area contributed by atoms with Crippen LogP contribution in [0.15, 0.2) is 34.9 Å². The number of nitrogens with one attached hydrogen (secondary N) is 1. The van der Waals surface area contributed by atoms with Gasteiger partial charge in [-0.25, -0.2) is 0 Å². The fraction of sp³-hybridized carbons (Fsp3) is 0.450. The van der Waals surface area contributed by atoms with E-state index in [1.54, 1.807) is 13.0 Å². The number of anilines is 1. The molecular weight excluding hydrogens is 330 g/mol. The normalized spacial score (nSPS) is 15.1. The largest absolute Gasteiger partial charge is 0.360 e. The maximum atomic E-state index is 12.4. The van der Waals surface area contributed by atoms with Gasteiger partial charge in [0.05, 0.1) is 0 Å². The first-order valence-corrected chi connectivity index (χ1v) is 9.09. The molecule has 1 N–H and O–H groups in total. The number of benzene rings is 1. The second-order valence-electron chi connectivity index (χ2n) is 6.96. The molecule has 1 aliphatic rings. The molecule has 0 unspecified atom stereocenters. The summed E-state index contributed by atoms with van der Waals surface area (Å²) in [6.07, 6.45) is 2.63. The average molecular weight is 355 g/mol. The summed E-state index contributed by atoms with van der Waals surface area (Å²) in [5.74, 6) is 1.13. The van der Waals surface area contributed by atoms with Crippen molar-refractivity contribution in [2.24, 2.45) is 5.92 Å². The van der Waals surface area contributed by atoms with Crippen LogP contribution in [-0.4, -0.2) is 35.0 Å². The van der Waals surface area contributed by atoms with Gasteiger partial charge in [-0.1, -0.05) is 35.0 Å². The van der Waals surface area contributed by atoms with E-state index in [9.17, 15) is 9.59 Å². The summed E-state index contributed by atoms with van der Waals surface area (Å²) in [4.78, 5) is 26.6. The molecule has 0 saturated carbocycles. The molecule has 0 bridgehead atoms. The van der Waals surface area contributed by atoms with Crippen molar-refractivity contribution >= 4 is 17.6 Å². The zero-order chi connectivity index (χ0) is 18.5. The SMILES string of the molecule is Cc1cccc(CCC(=O)N2CCC(C(=O)Nc3cc(C)on3)CC2)c1. The Hall–Kier alpha value is -2.63. The van der Waals surface area contributed by atoms with E-state index in [1.165, 1.54) is 11.1 Å². The van der Waals surface area contributed by atoms with Gasteiger partial charge in [-0.15, -0.1) is 0 Å². The third-order valence-corrected chi connectivity index (χ3v) is 4.81. The van der Waals surface area contributed by atoms with Gasteiger partial charge in [0.2, 0.25) is 11.8 Å². The van der Waals surface area contributed by atoms with Gasteiger partial charge in [0, 0.05) is 31.5 Å². The number of hydrogen-bond donors (Lipinski definition) is 1. The van der Waals surface area contributed by atoms with Crippen LogP contribution < -0.4 is 5.32 Å². The number of nitrogens with zero attached hydrogens (tertiary/aromatic N) is 2. The number of carbonyl (C=O) groups excluding carboxylic acids is 2. The first-order valence-electron chi connectivity index (χ1n) is 9.09. The lowest BCUT2D eigenvalue weighted by molar-refractivity contribution is -0.134. The molecule has 6 heteroatoms. The second-order valence-corrected chi connectivity index (χ2v) is 6.96. The quantitative estimate of drug-likeness (QED) is 0.894. The number of amides is 2. The van der Waals surface area contributed by atoms with Crippen molar-refractivity contribution < 1.29 is 14.1 Å². The lowest BCUT2D eigenvalue weighted by atomic mass is 9.95. The van der Waals surface area contributed by atoms with Crippen molar-refractivity contribution in [2.45, 2.75) is 39.5 Å². The van der Waals surface area contributed by atoms with Gasteiger partial charge < -0.3 is 14.7 Å². The molecule has 0 radical (unpaired) electrons. The molecular formula is C20H25N3O3. The Kier molecular flexibility index (Phi) is 5.71. The van der Waals surface area contributed by atoms with Crippen molar-refractivity contribution in [3.8, 4) is 0 Å². The van der Waals surface area contributed by atoms with Crippen molar-refractivity contribution in [3.05, 3.63) is 47.2 Å². The van der Waals surface area contributed by atoms with Crippen molar-refractivity contribution in [1.29, 1.82) is 0 Å². The molecule has 0 atom stereocenters. The highest BCUT2D eigenvalue weighted by Crippen LogP contribution is 2.20. The zero-order valence-corrected chi connectivity index (χ0v) is 15.3. The minimum atomic E-state index is -0.0900. The minimum Gasteiger partial charge on any atom is -0.360 e. The smallest absolute Gasteiger partial charge is 0.228 e. The molecule has 138 valence electrons. The lowest BCUT2D eigenvalue weighted by Crippen LogP contribution is -2.41. The number of rotatable bonds is 5. The third kappa shape index (κ3) is 4.71. The fourth-order valence-corrected chi connectivity index (χ4v) is 3.32. The van der Waals surface area contributed by atoms with Crippen LogP contribution in [0.2, 0.25) is 0 Å². The van der Waals surface area contributed by atoms with E-state index in [1.807, 2.05) is 11.0 Å². The summed E-state index contributed by atoms with van der Waals surface area (Å²) >= 11 is 0. The van der Waals surface area contributed by atoms with E-state index in [-0.39, 0.29) is 17.7 Å². The topological polar surface area (TPSA) is 75.4 Å². The zero-order valence-electron chi connectivity index (χ0n) is 15.3. The summed E-state index contributed by atoms with van der Waals surface area (Å²) in [5, 5.41) is 6.56. The predicted molar refractivity (Wildman–Crippen MR) is 98.7 cm³/mol. The summed E-state index contributed by atoms with van der Waals surface area (Å²) in [6.45, 7) is 5.09. The van der Waals surface area contributed by atoms with Gasteiger partial charge in [-0.3, -0.25) is 9.59 Å². The maximum absolute atomic E-state index is 12.4. The van der Waals surface area contributed by atoms with Crippen LogP contribution in [0.3, 0.4) is 0 Å². The molecule has 2 aromatic rings. The van der Waals surface area contributed by atoms with Gasteiger partial charge in [-0.2, -0.15) is 0 Å². The van der Waals surface area contributed by atoms with Crippen molar-refractivity contribution in [3.63, 3.8) is 0 Å². The Morgan fingerprint density at radius 1 is 1.23 bits per heavy atom. The van der Waals surface area contributed by atoms with E-state index < -0.39 is 0 Å². The summed E-state index contributed by atoms with van der Waals surface area (Å²) in [5.41, 5.74) is 2.40. The van der Waals surface area contributed by atoms with Gasteiger partial charge in [-0.05, 0) is 38.7 Å². The first kappa shape index (κ1) is 18.2. The average Bonchev–Trinajstić information content (AvgIpc) is 3.04. The van der Waals surface area contributed by atoms with Gasteiger partial charge in [0.1, 0.15) is 5.76 Å². The van der Waals surface area contributed by atoms with E-state index in [2.05, 4.69) is 35.6 Å². The molecule has 1 fully saturated rings. The van der Waals surface area contributed by atoms with Gasteiger partial charge in [0.25, 0.3) is 0 Å². The Bertz CT molecular complexity index is 776. The molecule has 2 amide bonds. The number of aryl methyl sites for hydroxylation is 3. The predicted octanol–water partition coefficient (Wildman–Crippen LogP) is 3.10. The third-order valence-electron chi connectivity index (χ3n) is 4.81. The van der Waals surface area contributed by atoms with Crippen molar-refractivity contribution in [1.82, 2.24) is 10.1 Å². The molecule has 1 aromatic heterocycles. The highest BCUT2D eigenvalue weighted by Gasteiger charge is 2.27. The van der Waals surface area contributed by atoms with E-state index in [0.717, 1.165) is 6.42 Å². The fourth-order valence-electron chi connectivity index (χ4n) is 3.32. The van der Waals surface area contributed by atoms with Crippen molar-refractivity contribution in [2.75, 3.05) is 18.4 Å².